The predicted octanol–water partition coefficient (Wildman–Crippen LogP) is 2.46. The van der Waals surface area contributed by atoms with Crippen molar-refractivity contribution >= 4 is 24.4 Å². The van der Waals surface area contributed by atoms with E-state index < -0.39 is 0 Å². The van der Waals surface area contributed by atoms with E-state index in [-0.39, 0.29) is 11.8 Å². The smallest absolute Gasteiger partial charge is 0.243 e. The summed E-state index contributed by atoms with van der Waals surface area (Å²) >= 11 is 4.17. The zero-order valence-corrected chi connectivity index (χ0v) is 13.2. The van der Waals surface area contributed by atoms with Gasteiger partial charge in [-0.15, -0.1) is 0 Å². The van der Waals surface area contributed by atoms with Crippen molar-refractivity contribution in [3.8, 4) is 0 Å². The molecule has 0 heterocycles. The Hall–Kier alpha value is -0.970. The summed E-state index contributed by atoms with van der Waals surface area (Å²) in [6.07, 6.45) is 9.54. The van der Waals surface area contributed by atoms with Crippen molar-refractivity contribution in [2.24, 2.45) is 0 Å². The van der Waals surface area contributed by atoms with Crippen molar-refractivity contribution in [1.82, 2.24) is 10.6 Å². The first-order chi connectivity index (χ1) is 9.70. The summed E-state index contributed by atoms with van der Waals surface area (Å²) in [6.45, 7) is 4.54. The number of rotatable bonds is 13. The van der Waals surface area contributed by atoms with Gasteiger partial charge in [-0.1, -0.05) is 32.3 Å². The minimum atomic E-state index is -0.172. The Kier molecular flexibility index (Phi) is 13.7. The lowest BCUT2D eigenvalue weighted by Gasteiger charge is -2.05. The normalized spacial score (nSPS) is 10.1. The van der Waals surface area contributed by atoms with E-state index in [0.717, 1.165) is 25.0 Å². The Morgan fingerprint density at radius 3 is 2.15 bits per heavy atom. The van der Waals surface area contributed by atoms with Gasteiger partial charge >= 0.3 is 0 Å². The molecule has 5 heteroatoms. The Morgan fingerprint density at radius 2 is 1.50 bits per heavy atom. The van der Waals surface area contributed by atoms with Gasteiger partial charge in [-0.2, -0.15) is 12.6 Å². The van der Waals surface area contributed by atoms with Crippen molar-refractivity contribution in [2.75, 3.05) is 18.8 Å². The Labute approximate surface area is 128 Å². The standard InChI is InChI=1S/C15H28N2O2S/c1-2-14(18)16-11-9-12-17-15(19)10-7-5-3-4-6-8-13-20/h2,20H,1,3-13H2,(H,16,18)(H,17,19). The zero-order chi connectivity index (χ0) is 15.1. The van der Waals surface area contributed by atoms with E-state index in [4.69, 9.17) is 0 Å². The molecule has 4 nitrogen and oxygen atoms in total. The molecule has 0 aliphatic rings. The van der Waals surface area contributed by atoms with Gasteiger partial charge in [0.25, 0.3) is 0 Å². The van der Waals surface area contributed by atoms with Crippen LogP contribution < -0.4 is 10.6 Å². The number of nitrogens with one attached hydrogen (secondary N) is 2. The summed E-state index contributed by atoms with van der Waals surface area (Å²) < 4.78 is 0. The molecule has 0 bridgehead atoms. The lowest BCUT2D eigenvalue weighted by atomic mass is 10.1. The van der Waals surface area contributed by atoms with Crippen LogP contribution in [0.4, 0.5) is 0 Å². The molecule has 0 saturated carbocycles. The maximum absolute atomic E-state index is 11.5. The fraction of sp³-hybridized carbons (Fsp3) is 0.733. The van der Waals surface area contributed by atoms with E-state index in [1.54, 1.807) is 0 Å². The van der Waals surface area contributed by atoms with Crippen molar-refractivity contribution in [3.05, 3.63) is 12.7 Å². The molecule has 2 amide bonds. The number of unbranched alkanes of at least 4 members (excludes halogenated alkanes) is 5. The van der Waals surface area contributed by atoms with Crippen LogP contribution in [0.2, 0.25) is 0 Å². The largest absolute Gasteiger partial charge is 0.356 e. The molecule has 0 aromatic carbocycles. The van der Waals surface area contributed by atoms with Crippen LogP contribution in [-0.2, 0) is 9.59 Å². The van der Waals surface area contributed by atoms with Crippen LogP contribution in [-0.4, -0.2) is 30.7 Å². The molecule has 0 aromatic heterocycles. The molecular weight excluding hydrogens is 272 g/mol. The quantitative estimate of drug-likeness (QED) is 0.278. The van der Waals surface area contributed by atoms with Crippen LogP contribution in [0.1, 0.15) is 51.4 Å². The highest BCUT2D eigenvalue weighted by atomic mass is 32.1. The fourth-order valence-corrected chi connectivity index (χ4v) is 2.02. The maximum atomic E-state index is 11.5. The first kappa shape index (κ1) is 19.0. The lowest BCUT2D eigenvalue weighted by molar-refractivity contribution is -0.121. The third-order valence-electron chi connectivity index (χ3n) is 2.97. The van der Waals surface area contributed by atoms with Gasteiger partial charge in [0.1, 0.15) is 0 Å². The van der Waals surface area contributed by atoms with Gasteiger partial charge in [0, 0.05) is 19.5 Å². The van der Waals surface area contributed by atoms with E-state index in [2.05, 4.69) is 29.8 Å². The highest BCUT2D eigenvalue weighted by Gasteiger charge is 2.00. The summed E-state index contributed by atoms with van der Waals surface area (Å²) in [7, 11) is 0. The van der Waals surface area contributed by atoms with Crippen LogP contribution in [0.25, 0.3) is 0 Å². The Morgan fingerprint density at radius 1 is 0.900 bits per heavy atom. The van der Waals surface area contributed by atoms with Crippen molar-refractivity contribution in [1.29, 1.82) is 0 Å². The number of carbonyl (C=O) groups excluding carboxylic acids is 2. The van der Waals surface area contributed by atoms with Gasteiger partial charge in [0.05, 0.1) is 0 Å². The number of hydrogen-bond acceptors (Lipinski definition) is 3. The van der Waals surface area contributed by atoms with E-state index in [9.17, 15) is 9.59 Å². The molecule has 116 valence electrons. The number of thiol groups is 1. The number of amides is 2. The molecule has 0 spiro atoms. The summed E-state index contributed by atoms with van der Waals surface area (Å²) in [4.78, 5) is 22.4. The SMILES string of the molecule is C=CC(=O)NCCCNC(=O)CCCCCCCCS. The van der Waals surface area contributed by atoms with Crippen LogP contribution in [0.5, 0.6) is 0 Å². The summed E-state index contributed by atoms with van der Waals surface area (Å²) in [5.41, 5.74) is 0. The summed E-state index contributed by atoms with van der Waals surface area (Å²) in [5, 5.41) is 5.53. The van der Waals surface area contributed by atoms with Crippen LogP contribution in [0.15, 0.2) is 12.7 Å². The molecule has 0 aliphatic heterocycles. The van der Waals surface area contributed by atoms with Gasteiger partial charge in [0.15, 0.2) is 0 Å². The highest BCUT2D eigenvalue weighted by molar-refractivity contribution is 7.80. The van der Waals surface area contributed by atoms with Gasteiger partial charge in [-0.25, -0.2) is 0 Å². The van der Waals surface area contributed by atoms with Crippen LogP contribution >= 0.6 is 12.6 Å². The van der Waals surface area contributed by atoms with Gasteiger partial charge in [-0.3, -0.25) is 9.59 Å². The van der Waals surface area contributed by atoms with E-state index in [0.29, 0.717) is 19.5 Å². The third-order valence-corrected chi connectivity index (χ3v) is 3.29. The molecule has 0 aliphatic carbocycles. The summed E-state index contributed by atoms with van der Waals surface area (Å²) in [6, 6.07) is 0. The molecule has 0 radical (unpaired) electrons. The maximum Gasteiger partial charge on any atom is 0.243 e. The topological polar surface area (TPSA) is 58.2 Å². The van der Waals surface area contributed by atoms with Crippen molar-refractivity contribution in [3.63, 3.8) is 0 Å². The fourth-order valence-electron chi connectivity index (χ4n) is 1.79. The number of carbonyl (C=O) groups is 2. The second kappa shape index (κ2) is 14.4. The molecule has 0 atom stereocenters. The Bertz CT molecular complexity index is 283. The zero-order valence-electron chi connectivity index (χ0n) is 12.3. The first-order valence-electron chi connectivity index (χ1n) is 7.48. The second-order valence-corrected chi connectivity index (χ2v) is 5.24. The minimum Gasteiger partial charge on any atom is -0.356 e. The van der Waals surface area contributed by atoms with E-state index in [1.165, 1.54) is 31.8 Å². The van der Waals surface area contributed by atoms with Crippen molar-refractivity contribution < 1.29 is 9.59 Å². The molecule has 0 rings (SSSR count). The van der Waals surface area contributed by atoms with Crippen molar-refractivity contribution in [2.45, 2.75) is 51.4 Å². The lowest BCUT2D eigenvalue weighted by Crippen LogP contribution is -2.28. The van der Waals surface area contributed by atoms with Gasteiger partial charge in [-0.05, 0) is 31.1 Å². The minimum absolute atomic E-state index is 0.107. The monoisotopic (exact) mass is 300 g/mol. The molecular formula is C15H28N2O2S. The molecule has 2 N–H and O–H groups in total. The van der Waals surface area contributed by atoms with Gasteiger partial charge < -0.3 is 10.6 Å². The van der Waals surface area contributed by atoms with Crippen LogP contribution in [0.3, 0.4) is 0 Å². The summed E-state index contributed by atoms with van der Waals surface area (Å²) in [5.74, 6) is 0.903. The Balaban J connectivity index is 3.24. The second-order valence-electron chi connectivity index (χ2n) is 4.79. The van der Waals surface area contributed by atoms with Crippen LogP contribution in [0, 0.1) is 0 Å². The molecule has 0 unspecified atom stereocenters. The average molecular weight is 300 g/mol. The average Bonchev–Trinajstić information content (AvgIpc) is 2.45. The van der Waals surface area contributed by atoms with Gasteiger partial charge in [0.2, 0.25) is 11.8 Å². The first-order valence-corrected chi connectivity index (χ1v) is 8.11. The third kappa shape index (κ3) is 13.5. The van der Waals surface area contributed by atoms with E-state index >= 15 is 0 Å². The molecule has 20 heavy (non-hydrogen) atoms. The molecule has 0 aromatic rings. The highest BCUT2D eigenvalue weighted by Crippen LogP contribution is 2.07. The number of hydrogen-bond donors (Lipinski definition) is 3. The predicted molar refractivity (Wildman–Crippen MR) is 87.0 cm³/mol. The van der Waals surface area contributed by atoms with E-state index in [1.807, 2.05) is 0 Å². The molecule has 0 fully saturated rings. The molecule has 0 saturated heterocycles.